The summed E-state index contributed by atoms with van der Waals surface area (Å²) in [5.74, 6) is 0.176. The van der Waals surface area contributed by atoms with Crippen LogP contribution in [-0.2, 0) is 14.3 Å². The topological polar surface area (TPSA) is 89.2 Å². The van der Waals surface area contributed by atoms with Gasteiger partial charge in [-0.05, 0) is 25.2 Å². The van der Waals surface area contributed by atoms with Gasteiger partial charge in [0, 0.05) is 27.0 Å². The van der Waals surface area contributed by atoms with Crippen molar-refractivity contribution in [2.75, 3.05) is 34.0 Å². The number of methoxy groups -OCH3 is 2. The van der Waals surface area contributed by atoms with Gasteiger partial charge in [-0.2, -0.15) is 0 Å². The van der Waals surface area contributed by atoms with Gasteiger partial charge in [0.25, 0.3) is 0 Å². The first-order valence-electron chi connectivity index (χ1n) is 8.55. The molecule has 24 heavy (non-hydrogen) atoms. The third-order valence-electron chi connectivity index (χ3n) is 3.53. The molecule has 0 rings (SSSR count). The number of aliphatic imine (C=N–C) groups is 1. The molecule has 0 aromatic carbocycles. The summed E-state index contributed by atoms with van der Waals surface area (Å²) in [6.45, 7) is 5.24. The number of carbonyl (C=O) groups is 1. The van der Waals surface area contributed by atoms with Crippen molar-refractivity contribution in [2.45, 2.75) is 45.8 Å². The molecular formula is C17H34N4O3. The largest absolute Gasteiger partial charge is 0.367 e. The molecule has 0 aromatic heterocycles. The highest BCUT2D eigenvalue weighted by Gasteiger charge is 2.16. The number of rotatable bonds is 14. The lowest BCUT2D eigenvalue weighted by Gasteiger charge is -2.23. The lowest BCUT2D eigenvalue weighted by Crippen LogP contribution is -2.39. The molecule has 0 aliphatic rings. The average Bonchev–Trinajstić information content (AvgIpc) is 2.57. The number of allylic oxidation sites excluding steroid dienone is 1. The molecule has 0 aliphatic heterocycles. The molecule has 140 valence electrons. The second kappa shape index (κ2) is 15.1. The fourth-order valence-corrected chi connectivity index (χ4v) is 2.26. The molecule has 0 bridgehead atoms. The Morgan fingerprint density at radius 3 is 2.67 bits per heavy atom. The number of carbonyl (C=O) groups excluding carboxylic acids is 1. The van der Waals surface area contributed by atoms with E-state index in [-0.39, 0.29) is 24.6 Å². The second-order valence-electron chi connectivity index (χ2n) is 5.61. The summed E-state index contributed by atoms with van der Waals surface area (Å²) in [6, 6.07) is 0. The number of nitrogens with zero attached hydrogens (tertiary/aromatic N) is 2. The molecule has 0 saturated heterocycles. The van der Waals surface area contributed by atoms with Crippen molar-refractivity contribution in [3.05, 3.63) is 12.3 Å². The maximum absolute atomic E-state index is 12.0. The number of hydrogen-bond donors (Lipinski definition) is 2. The van der Waals surface area contributed by atoms with Gasteiger partial charge >= 0.3 is 0 Å². The molecule has 0 radical (unpaired) electrons. The highest BCUT2D eigenvalue weighted by Crippen LogP contribution is 2.14. The van der Waals surface area contributed by atoms with Gasteiger partial charge in [0.15, 0.2) is 0 Å². The van der Waals surface area contributed by atoms with Crippen LogP contribution < -0.4 is 11.1 Å². The lowest BCUT2D eigenvalue weighted by atomic mass is 9.98. The first-order chi connectivity index (χ1) is 11.6. The molecule has 1 amide bonds. The van der Waals surface area contributed by atoms with Gasteiger partial charge in [-0.15, -0.1) is 0 Å². The average molecular weight is 342 g/mol. The normalized spacial score (nSPS) is 14.2. The number of nitrogens with two attached hydrogens (primary N) is 1. The van der Waals surface area contributed by atoms with Crippen LogP contribution in [0.3, 0.4) is 0 Å². The zero-order valence-corrected chi connectivity index (χ0v) is 15.5. The maximum atomic E-state index is 12.0. The minimum atomic E-state index is -0.288. The second-order valence-corrected chi connectivity index (χ2v) is 5.61. The van der Waals surface area contributed by atoms with Crippen LogP contribution >= 0.6 is 0 Å². The highest BCUT2D eigenvalue weighted by molar-refractivity contribution is 5.80. The van der Waals surface area contributed by atoms with Crippen LogP contribution in [0.15, 0.2) is 17.3 Å². The van der Waals surface area contributed by atoms with Crippen molar-refractivity contribution in [3.63, 3.8) is 0 Å². The van der Waals surface area contributed by atoms with E-state index in [0.717, 1.165) is 25.7 Å². The summed E-state index contributed by atoms with van der Waals surface area (Å²) in [6.07, 6.45) is 8.71. The van der Waals surface area contributed by atoms with Crippen LogP contribution in [0, 0.1) is 5.92 Å². The van der Waals surface area contributed by atoms with E-state index in [1.54, 1.807) is 31.7 Å². The highest BCUT2D eigenvalue weighted by atomic mass is 16.5. The fraction of sp³-hybridized carbons (Fsp3) is 0.765. The molecule has 7 nitrogen and oxygen atoms in total. The standard InChI is InChI=1S/C17H34N4O3/c1-5-7-10-19-13-21(14-23-3)12-16(22)20-11-9-15(8-6-2)17(18)24-4/h7,10,13,15,17H,5-6,8-9,11-12,14,18H2,1-4H3,(H,20,22)/b10-7-,19-13-. The first-order valence-corrected chi connectivity index (χ1v) is 8.55. The summed E-state index contributed by atoms with van der Waals surface area (Å²) in [5, 5.41) is 2.91. The molecule has 0 saturated carbocycles. The third-order valence-corrected chi connectivity index (χ3v) is 3.53. The van der Waals surface area contributed by atoms with Crippen molar-refractivity contribution in [1.29, 1.82) is 0 Å². The minimum Gasteiger partial charge on any atom is -0.367 e. The van der Waals surface area contributed by atoms with Crippen molar-refractivity contribution in [3.8, 4) is 0 Å². The Morgan fingerprint density at radius 2 is 2.08 bits per heavy atom. The van der Waals surface area contributed by atoms with E-state index in [4.69, 9.17) is 15.2 Å². The Balaban J connectivity index is 4.27. The smallest absolute Gasteiger partial charge is 0.239 e. The predicted molar refractivity (Wildman–Crippen MR) is 97.5 cm³/mol. The Bertz CT molecular complexity index is 375. The van der Waals surface area contributed by atoms with Gasteiger partial charge in [-0.25, -0.2) is 4.99 Å². The van der Waals surface area contributed by atoms with E-state index in [0.29, 0.717) is 13.3 Å². The molecule has 0 spiro atoms. The van der Waals surface area contributed by atoms with Crippen LogP contribution in [0.5, 0.6) is 0 Å². The molecule has 0 heterocycles. The predicted octanol–water partition coefficient (Wildman–Crippen LogP) is 1.70. The summed E-state index contributed by atoms with van der Waals surface area (Å²) < 4.78 is 10.3. The van der Waals surface area contributed by atoms with E-state index in [9.17, 15) is 4.79 Å². The quantitative estimate of drug-likeness (QED) is 0.285. The first kappa shape index (κ1) is 22.6. The SMILES string of the molecule is CC/C=C\N=C/N(COC)CC(=O)NCCC(CCC)C(N)OC. The van der Waals surface area contributed by atoms with Crippen molar-refractivity contribution < 1.29 is 14.3 Å². The molecule has 7 heteroatoms. The molecule has 2 unspecified atom stereocenters. The fourth-order valence-electron chi connectivity index (χ4n) is 2.26. The molecular weight excluding hydrogens is 308 g/mol. The molecule has 3 N–H and O–H groups in total. The molecule has 0 aliphatic carbocycles. The van der Waals surface area contributed by atoms with E-state index in [1.807, 2.05) is 13.0 Å². The van der Waals surface area contributed by atoms with Gasteiger partial charge in [0.2, 0.25) is 5.91 Å². The Morgan fingerprint density at radius 1 is 1.33 bits per heavy atom. The van der Waals surface area contributed by atoms with Gasteiger partial charge in [0.05, 0.1) is 12.9 Å². The van der Waals surface area contributed by atoms with Crippen molar-refractivity contribution in [2.24, 2.45) is 16.6 Å². The molecule has 0 aromatic rings. The minimum absolute atomic E-state index is 0.0702. The Hall–Kier alpha value is -1.44. The molecule has 0 fully saturated rings. The van der Waals surface area contributed by atoms with Crippen molar-refractivity contribution in [1.82, 2.24) is 10.2 Å². The van der Waals surface area contributed by atoms with E-state index < -0.39 is 0 Å². The van der Waals surface area contributed by atoms with E-state index >= 15 is 0 Å². The lowest BCUT2D eigenvalue weighted by molar-refractivity contribution is -0.122. The van der Waals surface area contributed by atoms with Crippen molar-refractivity contribution >= 4 is 12.2 Å². The summed E-state index contributed by atoms with van der Waals surface area (Å²) >= 11 is 0. The number of ether oxygens (including phenoxy) is 2. The number of nitrogens with one attached hydrogen (secondary N) is 1. The molecule has 2 atom stereocenters. The summed E-state index contributed by atoms with van der Waals surface area (Å²) in [4.78, 5) is 17.9. The zero-order chi connectivity index (χ0) is 18.2. The summed E-state index contributed by atoms with van der Waals surface area (Å²) in [5.41, 5.74) is 5.94. The van der Waals surface area contributed by atoms with Crippen LogP contribution in [0.4, 0.5) is 0 Å². The van der Waals surface area contributed by atoms with Gasteiger partial charge < -0.3 is 25.4 Å². The summed E-state index contributed by atoms with van der Waals surface area (Å²) in [7, 11) is 3.20. The van der Waals surface area contributed by atoms with Crippen LogP contribution in [0.25, 0.3) is 0 Å². The van der Waals surface area contributed by atoms with Crippen LogP contribution in [-0.4, -0.2) is 57.4 Å². The van der Waals surface area contributed by atoms with Gasteiger partial charge in [-0.3, -0.25) is 4.79 Å². The van der Waals surface area contributed by atoms with E-state index in [2.05, 4.69) is 17.2 Å². The maximum Gasteiger partial charge on any atom is 0.239 e. The van der Waals surface area contributed by atoms with Gasteiger partial charge in [0.1, 0.15) is 13.0 Å². The zero-order valence-electron chi connectivity index (χ0n) is 15.5. The number of hydrogen-bond acceptors (Lipinski definition) is 5. The van der Waals surface area contributed by atoms with Crippen LogP contribution in [0.1, 0.15) is 39.5 Å². The third kappa shape index (κ3) is 11.2. The monoisotopic (exact) mass is 342 g/mol. The van der Waals surface area contributed by atoms with E-state index in [1.165, 1.54) is 0 Å². The van der Waals surface area contributed by atoms with Gasteiger partial charge in [-0.1, -0.05) is 26.3 Å². The Labute approximate surface area is 146 Å². The van der Waals surface area contributed by atoms with Crippen LogP contribution in [0.2, 0.25) is 0 Å². The number of amides is 1. The Kier molecular flexibility index (Phi) is 14.2.